The molecule has 5 aromatic carbocycles. The molecule has 0 saturated carbocycles. The van der Waals surface area contributed by atoms with Crippen LogP contribution in [0.15, 0.2) is 152 Å². The Hall–Kier alpha value is -4.01. The standard InChI is InChI=1S/C33H28OSi/c34-33(28-18-8-2-9-19-28)32(27-16-6-1-7-17-27)26-35(29-20-10-3-11-21-29,30-22-12-4-13-23-30)31-24-14-5-15-25-31/h1-25,32H,26H2. The summed E-state index contributed by atoms with van der Waals surface area (Å²) in [7, 11) is -2.59. The van der Waals surface area contributed by atoms with Crippen molar-refractivity contribution in [2.45, 2.75) is 12.0 Å². The van der Waals surface area contributed by atoms with Crippen molar-refractivity contribution in [2.24, 2.45) is 0 Å². The molecule has 170 valence electrons. The Labute approximate surface area is 208 Å². The lowest BCUT2D eigenvalue weighted by atomic mass is 9.92. The average molecular weight is 469 g/mol. The molecule has 5 rings (SSSR count). The van der Waals surface area contributed by atoms with Gasteiger partial charge in [0.25, 0.3) is 0 Å². The highest BCUT2D eigenvalue weighted by atomic mass is 28.3. The van der Waals surface area contributed by atoms with E-state index in [0.29, 0.717) is 0 Å². The molecule has 0 aliphatic rings. The minimum atomic E-state index is -2.59. The van der Waals surface area contributed by atoms with Crippen molar-refractivity contribution in [3.05, 3.63) is 163 Å². The highest BCUT2D eigenvalue weighted by Gasteiger charge is 2.43. The normalized spacial score (nSPS) is 12.1. The van der Waals surface area contributed by atoms with Gasteiger partial charge in [-0.3, -0.25) is 4.79 Å². The van der Waals surface area contributed by atoms with Crippen molar-refractivity contribution in [1.82, 2.24) is 0 Å². The molecule has 1 nitrogen and oxygen atoms in total. The molecule has 1 unspecified atom stereocenters. The molecule has 0 aliphatic carbocycles. The van der Waals surface area contributed by atoms with E-state index in [0.717, 1.165) is 17.2 Å². The van der Waals surface area contributed by atoms with E-state index < -0.39 is 8.07 Å². The second-order valence-electron chi connectivity index (χ2n) is 8.90. The van der Waals surface area contributed by atoms with E-state index in [9.17, 15) is 4.79 Å². The van der Waals surface area contributed by atoms with Crippen molar-refractivity contribution in [1.29, 1.82) is 0 Å². The van der Waals surface area contributed by atoms with Gasteiger partial charge >= 0.3 is 0 Å². The Morgan fingerprint density at radius 1 is 0.486 bits per heavy atom. The number of ketones is 1. The number of hydrogen-bond acceptors (Lipinski definition) is 1. The highest BCUT2D eigenvalue weighted by molar-refractivity contribution is 7.11. The predicted molar refractivity (Wildman–Crippen MR) is 149 cm³/mol. The summed E-state index contributed by atoms with van der Waals surface area (Å²) >= 11 is 0. The van der Waals surface area contributed by atoms with Crippen molar-refractivity contribution in [2.75, 3.05) is 0 Å². The first kappa shape index (κ1) is 22.8. The van der Waals surface area contributed by atoms with Crippen LogP contribution in [0.3, 0.4) is 0 Å². The van der Waals surface area contributed by atoms with Gasteiger partial charge in [0, 0.05) is 11.5 Å². The number of hydrogen-bond donors (Lipinski definition) is 0. The molecule has 0 heterocycles. The monoisotopic (exact) mass is 468 g/mol. The molecule has 0 aliphatic heterocycles. The summed E-state index contributed by atoms with van der Waals surface area (Å²) in [5.74, 6) is -0.0812. The Morgan fingerprint density at radius 3 is 1.23 bits per heavy atom. The molecule has 0 amide bonds. The topological polar surface area (TPSA) is 17.1 Å². The second-order valence-corrected chi connectivity index (χ2v) is 12.9. The Balaban J connectivity index is 1.76. The second kappa shape index (κ2) is 10.5. The maximum Gasteiger partial charge on any atom is 0.170 e. The van der Waals surface area contributed by atoms with Crippen LogP contribution in [-0.4, -0.2) is 13.9 Å². The van der Waals surface area contributed by atoms with Crippen LogP contribution in [0.5, 0.6) is 0 Å². The van der Waals surface area contributed by atoms with Crippen molar-refractivity contribution < 1.29 is 4.79 Å². The fourth-order valence-electron chi connectivity index (χ4n) is 5.18. The zero-order valence-corrected chi connectivity index (χ0v) is 20.6. The van der Waals surface area contributed by atoms with E-state index >= 15 is 0 Å². The van der Waals surface area contributed by atoms with Gasteiger partial charge in [0.05, 0.1) is 0 Å². The minimum Gasteiger partial charge on any atom is -0.294 e. The molecule has 0 spiro atoms. The first-order chi connectivity index (χ1) is 17.3. The van der Waals surface area contributed by atoms with Gasteiger partial charge in [0.15, 0.2) is 5.78 Å². The lowest BCUT2D eigenvalue weighted by Crippen LogP contribution is -2.67. The van der Waals surface area contributed by atoms with Crippen molar-refractivity contribution >= 4 is 29.4 Å². The molecule has 0 saturated heterocycles. The quantitative estimate of drug-likeness (QED) is 0.159. The summed E-state index contributed by atoms with van der Waals surface area (Å²) in [6.07, 6.45) is 0. The van der Waals surface area contributed by atoms with Crippen LogP contribution in [-0.2, 0) is 0 Å². The van der Waals surface area contributed by atoms with Crippen LogP contribution in [0, 0.1) is 0 Å². The molecular formula is C33H28OSi. The molecule has 0 bridgehead atoms. The van der Waals surface area contributed by atoms with Gasteiger partial charge < -0.3 is 0 Å². The molecule has 0 N–H and O–H groups in total. The van der Waals surface area contributed by atoms with Gasteiger partial charge in [-0.25, -0.2) is 0 Å². The van der Waals surface area contributed by atoms with Gasteiger partial charge in [0.2, 0.25) is 0 Å². The predicted octanol–water partition coefficient (Wildman–Crippen LogP) is 5.82. The molecule has 35 heavy (non-hydrogen) atoms. The van der Waals surface area contributed by atoms with E-state index in [1.54, 1.807) is 0 Å². The van der Waals surface area contributed by atoms with Gasteiger partial charge in [-0.05, 0) is 27.2 Å². The van der Waals surface area contributed by atoms with E-state index in [1.807, 2.05) is 48.5 Å². The molecule has 5 aromatic rings. The van der Waals surface area contributed by atoms with Gasteiger partial charge in [-0.2, -0.15) is 0 Å². The smallest absolute Gasteiger partial charge is 0.170 e. The summed E-state index contributed by atoms with van der Waals surface area (Å²) in [6, 6.07) is 53.3. The average Bonchev–Trinajstić information content (AvgIpc) is 2.96. The summed E-state index contributed by atoms with van der Waals surface area (Å²) < 4.78 is 0. The van der Waals surface area contributed by atoms with Crippen LogP contribution in [0.1, 0.15) is 21.8 Å². The van der Waals surface area contributed by atoms with E-state index in [-0.39, 0.29) is 11.7 Å². The van der Waals surface area contributed by atoms with Crippen molar-refractivity contribution in [3.8, 4) is 0 Å². The largest absolute Gasteiger partial charge is 0.294 e. The summed E-state index contributed by atoms with van der Waals surface area (Å²) in [5.41, 5.74) is 1.83. The molecule has 1 atom stereocenters. The Morgan fingerprint density at radius 2 is 0.829 bits per heavy atom. The van der Waals surface area contributed by atoms with Crippen LogP contribution >= 0.6 is 0 Å². The van der Waals surface area contributed by atoms with Gasteiger partial charge in [-0.1, -0.05) is 152 Å². The number of carbonyl (C=O) groups excluding carboxylic acids is 1. The zero-order valence-electron chi connectivity index (χ0n) is 19.6. The number of carbonyl (C=O) groups is 1. The summed E-state index contributed by atoms with van der Waals surface area (Å²) in [5, 5.41) is 3.96. The number of rotatable bonds is 8. The van der Waals surface area contributed by atoms with Gasteiger partial charge in [-0.15, -0.1) is 0 Å². The van der Waals surface area contributed by atoms with Crippen LogP contribution in [0.2, 0.25) is 6.04 Å². The lowest BCUT2D eigenvalue weighted by molar-refractivity contribution is 0.0966. The van der Waals surface area contributed by atoms with Gasteiger partial charge in [0.1, 0.15) is 8.07 Å². The fraction of sp³-hybridized carbons (Fsp3) is 0.0606. The number of benzene rings is 5. The SMILES string of the molecule is O=C(c1ccccc1)C(C[Si](c1ccccc1)(c1ccccc1)c1ccccc1)c1ccccc1. The van der Waals surface area contributed by atoms with Crippen molar-refractivity contribution in [3.63, 3.8) is 0 Å². The summed E-state index contributed by atoms with van der Waals surface area (Å²) in [6.45, 7) is 0. The highest BCUT2D eigenvalue weighted by Crippen LogP contribution is 2.30. The maximum absolute atomic E-state index is 14.1. The maximum atomic E-state index is 14.1. The van der Waals surface area contributed by atoms with E-state index in [2.05, 4.69) is 103 Å². The van der Waals surface area contributed by atoms with E-state index in [1.165, 1.54) is 15.6 Å². The third-order valence-electron chi connectivity index (χ3n) is 6.89. The fourth-order valence-corrected chi connectivity index (χ4v) is 10.2. The number of Topliss-reactive ketones (excluding diaryl/α,β-unsaturated/α-hetero) is 1. The third-order valence-corrected chi connectivity index (χ3v) is 11.9. The third kappa shape index (κ3) is 4.66. The summed E-state index contributed by atoms with van der Waals surface area (Å²) in [4.78, 5) is 14.1. The van der Waals surface area contributed by atoms with E-state index in [4.69, 9.17) is 0 Å². The molecule has 0 radical (unpaired) electrons. The first-order valence-electron chi connectivity index (χ1n) is 12.1. The Kier molecular flexibility index (Phi) is 6.83. The van der Waals surface area contributed by atoms with Crippen LogP contribution in [0.25, 0.3) is 0 Å². The first-order valence-corrected chi connectivity index (χ1v) is 14.3. The minimum absolute atomic E-state index is 0.177. The van der Waals surface area contributed by atoms with Crippen LogP contribution < -0.4 is 15.6 Å². The Bertz CT molecular complexity index is 1260. The lowest BCUT2D eigenvalue weighted by Gasteiger charge is -2.36. The zero-order chi connectivity index (χ0) is 23.9. The molecule has 0 fully saturated rings. The molecule has 0 aromatic heterocycles. The van der Waals surface area contributed by atoms with Crippen LogP contribution in [0.4, 0.5) is 0 Å². The molecular weight excluding hydrogens is 440 g/mol. The molecule has 2 heteroatoms.